The van der Waals surface area contributed by atoms with Gasteiger partial charge in [-0.05, 0) is 0 Å². The van der Waals surface area contributed by atoms with Gasteiger partial charge in [0.1, 0.15) is 0 Å². The second-order valence-corrected chi connectivity index (χ2v) is 1.59. The zero-order chi connectivity index (χ0) is 6.69. The van der Waals surface area contributed by atoms with Crippen LogP contribution in [0, 0.1) is 10.1 Å². The van der Waals surface area contributed by atoms with E-state index in [1.54, 1.807) is 18.2 Å². The van der Waals surface area contributed by atoms with E-state index < -0.39 is 4.92 Å². The molecule has 78 valence electrons. The normalized spacial score (nSPS) is 6.15. The number of rotatable bonds is 1. The smallest absolute Gasteiger partial charge is 0.258 e. The van der Waals surface area contributed by atoms with Crippen LogP contribution >= 0.6 is 49.6 Å². The number of halogens is 4. The molecule has 0 saturated carbocycles. The van der Waals surface area contributed by atoms with Crippen molar-refractivity contribution >= 4 is 55.3 Å². The van der Waals surface area contributed by atoms with Crippen LogP contribution in [-0.2, 0) is 0 Å². The van der Waals surface area contributed by atoms with Crippen molar-refractivity contribution in [3.05, 3.63) is 40.4 Å². The lowest BCUT2D eigenvalue weighted by molar-refractivity contribution is -0.384. The number of non-ortho nitro benzene ring substituents is 1. The number of hydrogen-bond acceptors (Lipinski definition) is 2. The van der Waals surface area contributed by atoms with Gasteiger partial charge in [0.2, 0.25) is 0 Å². The Hall–Kier alpha value is -0.220. The van der Waals surface area contributed by atoms with Crippen LogP contribution in [0.5, 0.6) is 0 Å². The fraction of sp³-hybridized carbons (Fsp3) is 0. The van der Waals surface area contributed by atoms with Crippen LogP contribution in [0.4, 0.5) is 5.69 Å². The third-order valence-corrected chi connectivity index (χ3v) is 0.967. The Kier molecular flexibility index (Phi) is 20.8. The van der Waals surface area contributed by atoms with Gasteiger partial charge in [-0.2, -0.15) is 0 Å². The van der Waals surface area contributed by atoms with E-state index in [1.807, 2.05) is 0 Å². The summed E-state index contributed by atoms with van der Waals surface area (Å²) in [6.45, 7) is 0. The van der Waals surface area contributed by atoms with E-state index in [1.165, 1.54) is 12.1 Å². The van der Waals surface area contributed by atoms with Crippen molar-refractivity contribution in [3.63, 3.8) is 0 Å². The summed E-state index contributed by atoms with van der Waals surface area (Å²) >= 11 is 0. The maximum absolute atomic E-state index is 10.0. The van der Waals surface area contributed by atoms with Crippen LogP contribution in [0.25, 0.3) is 0 Å². The molecular formula is C6H9Cl4NO2. The van der Waals surface area contributed by atoms with Crippen molar-refractivity contribution in [1.29, 1.82) is 0 Å². The van der Waals surface area contributed by atoms with Crippen molar-refractivity contribution in [3.8, 4) is 0 Å². The minimum atomic E-state index is -0.417. The molecule has 7 heteroatoms. The monoisotopic (exact) mass is 267 g/mol. The third kappa shape index (κ3) is 8.12. The first-order chi connectivity index (χ1) is 4.30. The first kappa shape index (κ1) is 23.0. The average Bonchev–Trinajstić information content (AvgIpc) is 1.90. The SMILES string of the molecule is Cl.Cl.Cl.Cl.O=[N+]([O-])c1ccccc1. The lowest BCUT2D eigenvalue weighted by atomic mass is 10.3. The molecule has 0 heterocycles. The quantitative estimate of drug-likeness (QED) is 0.580. The number of nitro benzene ring substituents is 1. The maximum atomic E-state index is 10.0. The Morgan fingerprint density at radius 2 is 1.31 bits per heavy atom. The molecule has 0 atom stereocenters. The maximum Gasteiger partial charge on any atom is 0.269 e. The van der Waals surface area contributed by atoms with Gasteiger partial charge in [0, 0.05) is 12.1 Å². The molecule has 0 fully saturated rings. The molecule has 1 aromatic carbocycles. The Morgan fingerprint density at radius 1 is 0.923 bits per heavy atom. The number of para-hydroxylation sites is 1. The van der Waals surface area contributed by atoms with E-state index in [-0.39, 0.29) is 55.3 Å². The number of hydrogen-bond donors (Lipinski definition) is 0. The van der Waals surface area contributed by atoms with E-state index in [4.69, 9.17) is 0 Å². The fourth-order valence-electron chi connectivity index (χ4n) is 0.550. The zero-order valence-corrected chi connectivity index (χ0v) is 9.55. The molecule has 0 aliphatic rings. The molecule has 0 N–H and O–H groups in total. The molecule has 0 amide bonds. The predicted molar refractivity (Wildman–Crippen MR) is 62.1 cm³/mol. The molecular weight excluding hydrogens is 260 g/mol. The van der Waals surface area contributed by atoms with Crippen LogP contribution in [-0.4, -0.2) is 4.92 Å². The van der Waals surface area contributed by atoms with Crippen molar-refractivity contribution in [2.24, 2.45) is 0 Å². The van der Waals surface area contributed by atoms with Crippen LogP contribution in [0.2, 0.25) is 0 Å². The highest BCUT2D eigenvalue weighted by molar-refractivity contribution is 5.86. The number of benzene rings is 1. The van der Waals surface area contributed by atoms with Gasteiger partial charge >= 0.3 is 0 Å². The number of nitrogens with zero attached hydrogens (tertiary/aromatic N) is 1. The van der Waals surface area contributed by atoms with Crippen LogP contribution in [0.3, 0.4) is 0 Å². The van der Waals surface area contributed by atoms with Crippen LogP contribution in [0.1, 0.15) is 0 Å². The summed E-state index contributed by atoms with van der Waals surface area (Å²) < 4.78 is 0. The van der Waals surface area contributed by atoms with Gasteiger partial charge in [-0.1, -0.05) is 18.2 Å². The second kappa shape index (κ2) is 11.8. The van der Waals surface area contributed by atoms with Crippen LogP contribution < -0.4 is 0 Å². The summed E-state index contributed by atoms with van der Waals surface area (Å²) in [7, 11) is 0. The summed E-state index contributed by atoms with van der Waals surface area (Å²) in [4.78, 5) is 9.59. The first-order valence-electron chi connectivity index (χ1n) is 2.50. The van der Waals surface area contributed by atoms with E-state index in [9.17, 15) is 10.1 Å². The van der Waals surface area contributed by atoms with Crippen molar-refractivity contribution in [1.82, 2.24) is 0 Å². The molecule has 0 aromatic heterocycles. The minimum absolute atomic E-state index is 0. The zero-order valence-electron chi connectivity index (χ0n) is 6.28. The molecule has 0 bridgehead atoms. The molecule has 0 aliphatic heterocycles. The van der Waals surface area contributed by atoms with E-state index in [2.05, 4.69) is 0 Å². The lowest BCUT2D eigenvalue weighted by Crippen LogP contribution is -1.84. The van der Waals surface area contributed by atoms with Crippen molar-refractivity contribution in [2.45, 2.75) is 0 Å². The molecule has 1 aromatic rings. The molecule has 13 heavy (non-hydrogen) atoms. The fourth-order valence-corrected chi connectivity index (χ4v) is 0.550. The highest BCUT2D eigenvalue weighted by Gasteiger charge is 1.98. The van der Waals surface area contributed by atoms with Gasteiger partial charge in [0.05, 0.1) is 4.92 Å². The largest absolute Gasteiger partial charge is 0.269 e. The molecule has 0 saturated heterocycles. The van der Waals surface area contributed by atoms with Crippen LogP contribution in [0.15, 0.2) is 30.3 Å². The minimum Gasteiger partial charge on any atom is -0.258 e. The third-order valence-electron chi connectivity index (χ3n) is 0.967. The molecule has 0 aliphatic carbocycles. The van der Waals surface area contributed by atoms with Gasteiger partial charge in [0.25, 0.3) is 5.69 Å². The Labute approximate surface area is 101 Å². The Bertz CT molecular complexity index is 219. The van der Waals surface area contributed by atoms with Gasteiger partial charge in [-0.15, -0.1) is 49.6 Å². The topological polar surface area (TPSA) is 43.1 Å². The lowest BCUT2D eigenvalue weighted by Gasteiger charge is -1.85. The van der Waals surface area contributed by atoms with E-state index >= 15 is 0 Å². The first-order valence-corrected chi connectivity index (χ1v) is 2.50. The van der Waals surface area contributed by atoms with Gasteiger partial charge in [-0.3, -0.25) is 10.1 Å². The van der Waals surface area contributed by atoms with Crippen molar-refractivity contribution in [2.75, 3.05) is 0 Å². The predicted octanol–water partition coefficient (Wildman–Crippen LogP) is 3.28. The molecule has 0 radical (unpaired) electrons. The summed E-state index contributed by atoms with van der Waals surface area (Å²) in [5.41, 5.74) is 0.137. The van der Waals surface area contributed by atoms with Crippen molar-refractivity contribution < 1.29 is 4.92 Å². The summed E-state index contributed by atoms with van der Waals surface area (Å²) in [6, 6.07) is 7.93. The average molecular weight is 269 g/mol. The Balaban J connectivity index is -0.000000101. The number of nitro groups is 1. The van der Waals surface area contributed by atoms with E-state index in [0.29, 0.717) is 0 Å². The summed E-state index contributed by atoms with van der Waals surface area (Å²) in [5, 5.41) is 10.0. The van der Waals surface area contributed by atoms with Gasteiger partial charge < -0.3 is 0 Å². The molecule has 3 nitrogen and oxygen atoms in total. The highest BCUT2D eigenvalue weighted by atomic mass is 35.5. The second-order valence-electron chi connectivity index (χ2n) is 1.59. The summed E-state index contributed by atoms with van der Waals surface area (Å²) in [6.07, 6.45) is 0. The summed E-state index contributed by atoms with van der Waals surface area (Å²) in [5.74, 6) is 0. The van der Waals surface area contributed by atoms with Gasteiger partial charge in [-0.25, -0.2) is 0 Å². The molecule has 1 rings (SSSR count). The van der Waals surface area contributed by atoms with Gasteiger partial charge in [0.15, 0.2) is 0 Å². The van der Waals surface area contributed by atoms with E-state index in [0.717, 1.165) is 0 Å². The Morgan fingerprint density at radius 3 is 1.54 bits per heavy atom. The molecule has 0 unspecified atom stereocenters. The standard InChI is InChI=1S/C6H5NO2.4ClH/c8-7(9)6-4-2-1-3-5-6;;;;/h1-5H;4*1H. The highest BCUT2D eigenvalue weighted by Crippen LogP contribution is 2.06. The molecule has 0 spiro atoms.